The lowest BCUT2D eigenvalue weighted by Crippen LogP contribution is -2.28. The van der Waals surface area contributed by atoms with Crippen molar-refractivity contribution in [2.24, 2.45) is 23.7 Å². The molecule has 0 aliphatic heterocycles. The molecule has 0 spiro atoms. The Hall–Kier alpha value is -3.44. The Labute approximate surface area is 308 Å². The fourth-order valence-corrected chi connectivity index (χ4v) is 8.94. The van der Waals surface area contributed by atoms with Gasteiger partial charge in [-0.3, -0.25) is 0 Å². The zero-order valence-electron chi connectivity index (χ0n) is 31.9. The molecule has 2 saturated carbocycles. The molecule has 4 aromatic rings. The largest absolute Gasteiger partial charge is 0.365 e. The van der Waals surface area contributed by atoms with Crippen LogP contribution in [0.5, 0.6) is 0 Å². The number of hydrogen-bond acceptors (Lipinski definition) is 5. The first-order chi connectivity index (χ1) is 25.1. The highest BCUT2D eigenvalue weighted by Gasteiger charge is 2.35. The summed E-state index contributed by atoms with van der Waals surface area (Å²) in [6.45, 7) is 9.06. The van der Waals surface area contributed by atoms with Crippen molar-refractivity contribution in [1.82, 2.24) is 19.9 Å². The third-order valence-electron chi connectivity index (χ3n) is 11.8. The normalized spacial score (nSPS) is 22.0. The van der Waals surface area contributed by atoms with Crippen molar-refractivity contribution >= 4 is 0 Å². The Balaban J connectivity index is 1.29. The summed E-state index contributed by atoms with van der Waals surface area (Å²) in [7, 11) is 0. The van der Waals surface area contributed by atoms with Crippen LogP contribution >= 0.6 is 0 Å². The molecule has 2 heterocycles. The molecule has 0 N–H and O–H groups in total. The average molecular weight is 687 g/mol. The SMILES string of the molecule is CCCc1cnc(-c2ccc(C(OC(c3ccc(-c4ncc(CCC)cn4)cc3)[C@H]3CC[C@H](CCC)CC3)[C@H]3CC[C@H](CCC)CC3)cc2)nc1. The monoisotopic (exact) mass is 686 g/mol. The number of ether oxygens (including phenoxy) is 1. The van der Waals surface area contributed by atoms with Gasteiger partial charge in [-0.05, 0) is 84.5 Å². The van der Waals surface area contributed by atoms with E-state index in [1.54, 1.807) is 0 Å². The molecule has 2 atom stereocenters. The van der Waals surface area contributed by atoms with E-state index in [9.17, 15) is 0 Å². The number of aromatic nitrogens is 4. The van der Waals surface area contributed by atoms with E-state index in [-0.39, 0.29) is 12.2 Å². The first-order valence-electron chi connectivity index (χ1n) is 20.6. The Kier molecular flexibility index (Phi) is 13.8. The Morgan fingerprint density at radius 3 is 1.16 bits per heavy atom. The van der Waals surface area contributed by atoms with Gasteiger partial charge in [0.2, 0.25) is 0 Å². The molecule has 272 valence electrons. The lowest BCUT2D eigenvalue weighted by atomic mass is 9.75. The Morgan fingerprint density at radius 2 is 0.843 bits per heavy atom. The maximum atomic E-state index is 7.61. The van der Waals surface area contributed by atoms with Crippen molar-refractivity contribution in [3.63, 3.8) is 0 Å². The quantitative estimate of drug-likeness (QED) is 0.117. The predicted molar refractivity (Wildman–Crippen MR) is 210 cm³/mol. The van der Waals surface area contributed by atoms with Crippen molar-refractivity contribution in [2.45, 2.75) is 143 Å². The second-order valence-corrected chi connectivity index (χ2v) is 15.7. The maximum absolute atomic E-state index is 7.61. The van der Waals surface area contributed by atoms with Crippen LogP contribution in [0.15, 0.2) is 73.3 Å². The molecule has 0 radical (unpaired) electrons. The minimum absolute atomic E-state index is 0.0574. The van der Waals surface area contributed by atoms with Crippen LogP contribution in [0, 0.1) is 23.7 Å². The predicted octanol–water partition coefficient (Wildman–Crippen LogP) is 12.5. The minimum atomic E-state index is 0.0574. The van der Waals surface area contributed by atoms with Gasteiger partial charge in [-0.15, -0.1) is 0 Å². The molecular weight excluding hydrogens is 625 g/mol. The summed E-state index contributed by atoms with van der Waals surface area (Å²) in [6.07, 6.45) is 27.8. The van der Waals surface area contributed by atoms with E-state index < -0.39 is 0 Å². The number of benzene rings is 2. The van der Waals surface area contributed by atoms with Gasteiger partial charge in [0.1, 0.15) is 0 Å². The third-order valence-corrected chi connectivity index (χ3v) is 11.8. The number of hydrogen-bond donors (Lipinski definition) is 0. The van der Waals surface area contributed by atoms with Crippen molar-refractivity contribution in [2.75, 3.05) is 0 Å². The minimum Gasteiger partial charge on any atom is -0.365 e. The fourth-order valence-electron chi connectivity index (χ4n) is 8.94. The molecule has 2 aliphatic rings. The fraction of sp³-hybridized carbons (Fsp3) is 0.565. The highest BCUT2D eigenvalue weighted by Crippen LogP contribution is 2.47. The number of rotatable bonds is 16. The average Bonchev–Trinajstić information content (AvgIpc) is 3.18. The van der Waals surface area contributed by atoms with Gasteiger partial charge in [0.05, 0.1) is 12.2 Å². The van der Waals surface area contributed by atoms with Gasteiger partial charge >= 0.3 is 0 Å². The summed E-state index contributed by atoms with van der Waals surface area (Å²) in [5.41, 5.74) is 7.12. The topological polar surface area (TPSA) is 60.8 Å². The summed E-state index contributed by atoms with van der Waals surface area (Å²) >= 11 is 0. The van der Waals surface area contributed by atoms with Crippen LogP contribution in [-0.4, -0.2) is 19.9 Å². The molecule has 0 saturated heterocycles. The molecule has 0 amide bonds. The molecule has 5 heteroatoms. The second-order valence-electron chi connectivity index (χ2n) is 15.7. The van der Waals surface area contributed by atoms with Crippen LogP contribution in [0.2, 0.25) is 0 Å². The van der Waals surface area contributed by atoms with E-state index in [1.807, 2.05) is 24.8 Å². The standard InChI is InChI=1S/C46H62N4O/c1-5-9-33-13-17-37(18-14-33)43(39-21-25-41(26-22-39)45-47-29-35(11-7-3)30-48-45)51-44(38-19-15-34(10-6-2)16-20-38)40-23-27-42(28-24-40)46-49-31-36(12-8-4)32-50-46/h21-34,37-38,43-44H,5-20H2,1-4H3/t33-,34-,37-,38-,43?,44?. The van der Waals surface area contributed by atoms with Crippen molar-refractivity contribution in [3.05, 3.63) is 95.6 Å². The first-order valence-corrected chi connectivity index (χ1v) is 20.6. The van der Waals surface area contributed by atoms with Crippen molar-refractivity contribution < 1.29 is 4.74 Å². The summed E-state index contributed by atoms with van der Waals surface area (Å²) < 4.78 is 7.61. The van der Waals surface area contributed by atoms with Crippen LogP contribution in [0.25, 0.3) is 22.8 Å². The van der Waals surface area contributed by atoms with E-state index >= 15 is 0 Å². The van der Waals surface area contributed by atoms with Gasteiger partial charge in [0, 0.05) is 35.9 Å². The molecule has 2 fully saturated rings. The summed E-state index contributed by atoms with van der Waals surface area (Å²) in [5, 5.41) is 0. The van der Waals surface area contributed by atoms with E-state index in [0.717, 1.165) is 60.3 Å². The second kappa shape index (κ2) is 18.9. The van der Waals surface area contributed by atoms with Crippen LogP contribution in [0.3, 0.4) is 0 Å². The van der Waals surface area contributed by atoms with E-state index in [0.29, 0.717) is 11.8 Å². The molecule has 2 aliphatic carbocycles. The highest BCUT2D eigenvalue weighted by atomic mass is 16.5. The van der Waals surface area contributed by atoms with Crippen molar-refractivity contribution in [3.8, 4) is 22.8 Å². The zero-order valence-corrected chi connectivity index (χ0v) is 31.9. The van der Waals surface area contributed by atoms with Gasteiger partial charge in [0.15, 0.2) is 11.6 Å². The van der Waals surface area contributed by atoms with Crippen molar-refractivity contribution in [1.29, 1.82) is 0 Å². The zero-order chi connectivity index (χ0) is 35.4. The van der Waals surface area contributed by atoms with Gasteiger partial charge in [-0.25, -0.2) is 19.9 Å². The Morgan fingerprint density at radius 1 is 0.490 bits per heavy atom. The van der Waals surface area contributed by atoms with E-state index in [1.165, 1.54) is 99.3 Å². The smallest absolute Gasteiger partial charge is 0.159 e. The summed E-state index contributed by atoms with van der Waals surface area (Å²) in [6, 6.07) is 18.1. The molecule has 51 heavy (non-hydrogen) atoms. The van der Waals surface area contributed by atoms with Gasteiger partial charge in [-0.2, -0.15) is 0 Å². The van der Waals surface area contributed by atoms with Gasteiger partial charge in [0.25, 0.3) is 0 Å². The van der Waals surface area contributed by atoms with Crippen LogP contribution in [-0.2, 0) is 17.6 Å². The van der Waals surface area contributed by atoms with Crippen LogP contribution in [0.1, 0.15) is 152 Å². The Bertz CT molecular complexity index is 1450. The summed E-state index contributed by atoms with van der Waals surface area (Å²) in [4.78, 5) is 18.9. The molecular formula is C46H62N4O. The van der Waals surface area contributed by atoms with Gasteiger partial charge in [-0.1, -0.05) is 140 Å². The number of aryl methyl sites for hydroxylation is 2. The molecule has 2 unspecified atom stereocenters. The third kappa shape index (κ3) is 9.92. The molecule has 2 aromatic carbocycles. The van der Waals surface area contributed by atoms with E-state index in [4.69, 9.17) is 24.7 Å². The van der Waals surface area contributed by atoms with Crippen LogP contribution in [0.4, 0.5) is 0 Å². The number of nitrogens with zero attached hydrogens (tertiary/aromatic N) is 4. The lowest BCUT2D eigenvalue weighted by Gasteiger charge is -2.40. The highest BCUT2D eigenvalue weighted by molar-refractivity contribution is 5.56. The summed E-state index contributed by atoms with van der Waals surface area (Å²) in [5.74, 6) is 4.34. The molecule has 6 rings (SSSR count). The van der Waals surface area contributed by atoms with Gasteiger partial charge < -0.3 is 4.74 Å². The van der Waals surface area contributed by atoms with E-state index in [2.05, 4.69) is 76.2 Å². The van der Waals surface area contributed by atoms with Crippen LogP contribution < -0.4 is 0 Å². The molecule has 0 bridgehead atoms. The maximum Gasteiger partial charge on any atom is 0.159 e. The first kappa shape index (κ1) is 37.3. The molecule has 5 nitrogen and oxygen atoms in total. The lowest BCUT2D eigenvalue weighted by molar-refractivity contribution is -0.0907. The molecule has 2 aromatic heterocycles.